The van der Waals surface area contributed by atoms with Crippen LogP contribution in [-0.4, -0.2) is 106 Å². The molecule has 5 rings (SSSR count). The summed E-state index contributed by atoms with van der Waals surface area (Å²) < 4.78 is 17.0. The maximum Gasteiger partial charge on any atom is 0.415 e. The van der Waals surface area contributed by atoms with E-state index < -0.39 is 23.7 Å². The van der Waals surface area contributed by atoms with Gasteiger partial charge in [0.25, 0.3) is 11.8 Å². The summed E-state index contributed by atoms with van der Waals surface area (Å²) in [5.74, 6) is -0.261. The third kappa shape index (κ3) is 13.7. The van der Waals surface area contributed by atoms with Crippen LogP contribution in [-0.2, 0) is 22.7 Å². The number of ether oxygens (including phenoxy) is 3. The number of likely N-dealkylation sites (N-methyl/N-ethyl adjacent to an activating group) is 2. The number of fused-ring (bicyclic) bond motifs is 1. The number of rotatable bonds is 18. The van der Waals surface area contributed by atoms with Crippen LogP contribution in [0.3, 0.4) is 0 Å². The molecule has 19 nitrogen and oxygen atoms in total. The molecule has 0 spiro atoms. The number of nitrogens with one attached hydrogen (secondary N) is 2. The minimum Gasteiger partial charge on any atom is -0.488 e. The Morgan fingerprint density at radius 3 is 2.25 bits per heavy atom. The smallest absolute Gasteiger partial charge is 0.415 e. The van der Waals surface area contributed by atoms with Crippen molar-refractivity contribution in [2.45, 2.75) is 65.3 Å². The quantitative estimate of drug-likeness (QED) is 0.0672. The molecule has 0 radical (unpaired) electrons. The maximum atomic E-state index is 13.4. The molecule has 2 aromatic heterocycles. The van der Waals surface area contributed by atoms with Gasteiger partial charge in [0.05, 0.1) is 24.0 Å². The van der Waals surface area contributed by atoms with Gasteiger partial charge in [-0.3, -0.25) is 14.4 Å². The number of nitrogens with zero attached hydrogens (tertiary/aromatic N) is 7. The molecule has 3 aromatic carbocycles. The van der Waals surface area contributed by atoms with Gasteiger partial charge >= 0.3 is 12.2 Å². The zero-order chi connectivity index (χ0) is 45.7. The first-order valence-corrected chi connectivity index (χ1v) is 20.1. The van der Waals surface area contributed by atoms with Gasteiger partial charge in [0.15, 0.2) is 17.0 Å². The third-order valence-electron chi connectivity index (χ3n) is 9.33. The Labute approximate surface area is 365 Å². The molecule has 0 aliphatic carbocycles. The second kappa shape index (κ2) is 21.3. The first-order chi connectivity index (χ1) is 30.0. The Kier molecular flexibility index (Phi) is 15.7. The van der Waals surface area contributed by atoms with Crippen molar-refractivity contribution in [2.75, 3.05) is 50.1 Å². The molecule has 2 heterocycles. The molecule has 0 fully saturated rings. The number of nitrogen functional groups attached to an aromatic ring is 2. The number of nitrogens with two attached hydrogens (primary N) is 2. The number of hydrogen-bond donors (Lipinski definition) is 4. The summed E-state index contributed by atoms with van der Waals surface area (Å²) in [4.78, 5) is 84.5. The highest BCUT2D eigenvalue weighted by atomic mass is 16.6. The molecule has 19 heteroatoms. The van der Waals surface area contributed by atoms with Gasteiger partial charge < -0.3 is 51.0 Å². The number of amides is 5. The summed E-state index contributed by atoms with van der Waals surface area (Å²) in [6.45, 7) is 8.13. The van der Waals surface area contributed by atoms with Gasteiger partial charge in [-0.15, -0.1) is 0 Å². The number of hydrogen-bond acceptors (Lipinski definition) is 14. The fourth-order valence-corrected chi connectivity index (χ4v) is 5.92. The highest BCUT2D eigenvalue weighted by molar-refractivity contribution is 5.97. The van der Waals surface area contributed by atoms with Crippen LogP contribution in [0.4, 0.5) is 27.0 Å². The van der Waals surface area contributed by atoms with Crippen molar-refractivity contribution in [3.8, 4) is 11.5 Å². The third-order valence-corrected chi connectivity index (χ3v) is 9.33. The number of benzene rings is 3. The molecule has 0 aliphatic rings. The zero-order valence-electron chi connectivity index (χ0n) is 36.2. The normalized spacial score (nSPS) is 11.5. The Morgan fingerprint density at radius 2 is 1.57 bits per heavy atom. The summed E-state index contributed by atoms with van der Waals surface area (Å²) in [6, 6.07) is 20.2. The van der Waals surface area contributed by atoms with Crippen molar-refractivity contribution in [1.29, 1.82) is 0 Å². The average molecular weight is 864 g/mol. The number of aromatic nitrogens is 4. The zero-order valence-corrected chi connectivity index (χ0v) is 36.2. The average Bonchev–Trinajstić information content (AvgIpc) is 3.25. The molecule has 0 bridgehead atoms. The monoisotopic (exact) mass is 863 g/mol. The van der Waals surface area contributed by atoms with Crippen LogP contribution < -0.4 is 36.5 Å². The molecule has 0 aliphatic heterocycles. The molecule has 1 atom stereocenters. The molecule has 63 heavy (non-hydrogen) atoms. The molecular formula is C44H53N11O8. The summed E-state index contributed by atoms with van der Waals surface area (Å²) >= 11 is 0. The first-order valence-electron chi connectivity index (χ1n) is 20.1. The lowest BCUT2D eigenvalue weighted by Crippen LogP contribution is -2.40. The predicted molar refractivity (Wildman–Crippen MR) is 236 cm³/mol. The van der Waals surface area contributed by atoms with E-state index in [1.807, 2.05) is 37.3 Å². The first kappa shape index (κ1) is 46.5. The molecule has 0 unspecified atom stereocenters. The molecule has 0 saturated heterocycles. The van der Waals surface area contributed by atoms with Crippen molar-refractivity contribution < 1.29 is 38.2 Å². The second-order valence-corrected chi connectivity index (χ2v) is 15.7. The van der Waals surface area contributed by atoms with Crippen LogP contribution in [0.2, 0.25) is 0 Å². The number of anilines is 3. The van der Waals surface area contributed by atoms with Gasteiger partial charge in [0, 0.05) is 57.1 Å². The maximum absolute atomic E-state index is 13.4. The summed E-state index contributed by atoms with van der Waals surface area (Å²) in [6.07, 6.45) is 2.05. The largest absolute Gasteiger partial charge is 0.488 e. The van der Waals surface area contributed by atoms with Crippen molar-refractivity contribution in [3.63, 3.8) is 0 Å². The highest BCUT2D eigenvalue weighted by Gasteiger charge is 2.22. The van der Waals surface area contributed by atoms with Crippen LogP contribution in [0, 0.1) is 0 Å². The lowest BCUT2D eigenvalue weighted by molar-refractivity contribution is -0.107. The van der Waals surface area contributed by atoms with E-state index in [1.165, 1.54) is 39.1 Å². The van der Waals surface area contributed by atoms with Gasteiger partial charge in [0.2, 0.25) is 12.4 Å². The minimum absolute atomic E-state index is 0.0209. The van der Waals surface area contributed by atoms with Crippen LogP contribution in [0.1, 0.15) is 72.5 Å². The van der Waals surface area contributed by atoms with Crippen LogP contribution in [0.5, 0.6) is 11.5 Å². The van der Waals surface area contributed by atoms with E-state index in [0.29, 0.717) is 42.7 Å². The fraction of sp³-hybridized carbons (Fsp3) is 0.341. The van der Waals surface area contributed by atoms with Gasteiger partial charge in [-0.2, -0.15) is 9.97 Å². The fourth-order valence-electron chi connectivity index (χ4n) is 5.92. The summed E-state index contributed by atoms with van der Waals surface area (Å²) in [5, 5.41) is 5.88. The lowest BCUT2D eigenvalue weighted by Gasteiger charge is -2.26. The van der Waals surface area contributed by atoms with Crippen LogP contribution >= 0.6 is 0 Å². The Bertz CT molecular complexity index is 2390. The van der Waals surface area contributed by atoms with E-state index in [9.17, 15) is 24.0 Å². The van der Waals surface area contributed by atoms with Gasteiger partial charge in [-0.1, -0.05) is 30.3 Å². The molecule has 332 valence electrons. The molecule has 0 saturated carbocycles. The topological polar surface area (TPSA) is 250 Å². The Hall–Kier alpha value is -7.57. The lowest BCUT2D eigenvalue weighted by atomic mass is 10.1. The predicted octanol–water partition coefficient (Wildman–Crippen LogP) is 4.95. The van der Waals surface area contributed by atoms with E-state index in [-0.39, 0.29) is 78.2 Å². The molecule has 6 N–H and O–H groups in total. The minimum atomic E-state index is -0.666. The Morgan fingerprint density at radius 1 is 0.873 bits per heavy atom. The van der Waals surface area contributed by atoms with E-state index >= 15 is 0 Å². The van der Waals surface area contributed by atoms with Crippen molar-refractivity contribution in [3.05, 3.63) is 101 Å². The standard InChI is InChI=1S/C44H53N11O8/c1-28(49-39(57)30-14-16-32(17-15-30)55(27-56)25-31-24-48-38-36(50-31)37(45)51-41(46)52-38)11-10-20-47-40(58)34-19-18-33(23-35(34)61-26-29-12-8-7-9-13-29)62-42(59)53(5)21-22-54(6)43(60)63-44(2,3)4/h7-9,12-19,23-24,27-28H,10-11,20-22,25-26H2,1-6H3,(H,47,58)(H,49,57)(H4,45,46,48,51,52)/t28-/m0/s1. The van der Waals surface area contributed by atoms with Crippen molar-refractivity contribution in [2.24, 2.45) is 0 Å². The summed E-state index contributed by atoms with van der Waals surface area (Å²) in [7, 11) is 3.13. The SMILES string of the molecule is C[C@@H](CCCNC(=O)c1ccc(OC(=O)N(C)CCN(C)C(=O)OC(C)(C)C)cc1OCc1ccccc1)NC(=O)c1ccc(N(C=O)Cc2cnc3nc(N)nc(N)c3n2)cc1. The molecule has 5 aromatic rings. The van der Waals surface area contributed by atoms with E-state index in [1.54, 1.807) is 59.1 Å². The second-order valence-electron chi connectivity index (χ2n) is 15.7. The van der Waals surface area contributed by atoms with Crippen LogP contribution in [0.25, 0.3) is 11.2 Å². The van der Waals surface area contributed by atoms with Gasteiger partial charge in [0.1, 0.15) is 23.7 Å². The Balaban J connectivity index is 1.11. The number of carbonyl (C=O) groups is 5. The van der Waals surface area contributed by atoms with Crippen LogP contribution in [0.15, 0.2) is 79.0 Å². The van der Waals surface area contributed by atoms with Crippen molar-refractivity contribution in [1.82, 2.24) is 40.4 Å². The van der Waals surface area contributed by atoms with Gasteiger partial charge in [-0.25, -0.2) is 19.6 Å². The van der Waals surface area contributed by atoms with E-state index in [4.69, 9.17) is 25.7 Å². The van der Waals surface area contributed by atoms with E-state index in [0.717, 1.165) is 5.56 Å². The van der Waals surface area contributed by atoms with Crippen molar-refractivity contribution >= 4 is 59.0 Å². The van der Waals surface area contributed by atoms with E-state index in [2.05, 4.69) is 30.6 Å². The highest BCUT2D eigenvalue weighted by Crippen LogP contribution is 2.27. The van der Waals surface area contributed by atoms with Gasteiger partial charge in [-0.05, 0) is 82.5 Å². The molecule has 5 amide bonds. The number of carbonyl (C=O) groups excluding carboxylic acids is 5. The summed E-state index contributed by atoms with van der Waals surface area (Å²) in [5.41, 5.74) is 13.9. The molecular weight excluding hydrogens is 811 g/mol.